The molecule has 35 heavy (non-hydrogen) atoms. The second-order valence-corrected chi connectivity index (χ2v) is 9.02. The van der Waals surface area contributed by atoms with E-state index in [1.807, 2.05) is 72.8 Å². The van der Waals surface area contributed by atoms with Crippen LogP contribution in [0.5, 0.6) is 0 Å². The monoisotopic (exact) mass is 531 g/mol. The van der Waals surface area contributed by atoms with Gasteiger partial charge in [0.15, 0.2) is 5.76 Å². The lowest BCUT2D eigenvalue weighted by molar-refractivity contribution is 0.0575. The van der Waals surface area contributed by atoms with Crippen LogP contribution in [0.3, 0.4) is 0 Å². The number of nitrogens with zero attached hydrogens (tertiary/aromatic N) is 1. The van der Waals surface area contributed by atoms with Crippen molar-refractivity contribution < 1.29 is 19.0 Å². The topological polar surface area (TPSA) is 66.8 Å². The van der Waals surface area contributed by atoms with Crippen LogP contribution in [-0.4, -0.2) is 24.4 Å². The number of benzene rings is 3. The lowest BCUT2D eigenvalue weighted by Gasteiger charge is -2.25. The highest BCUT2D eigenvalue weighted by Gasteiger charge is 2.32. The van der Waals surface area contributed by atoms with Gasteiger partial charge in [0.05, 0.1) is 7.11 Å². The van der Waals surface area contributed by atoms with E-state index >= 15 is 0 Å². The number of aromatic nitrogens is 1. The van der Waals surface area contributed by atoms with Gasteiger partial charge in [0.1, 0.15) is 18.0 Å². The van der Waals surface area contributed by atoms with E-state index in [9.17, 15) is 9.59 Å². The average Bonchev–Trinajstić information content (AvgIpc) is 3.43. The van der Waals surface area contributed by atoms with Gasteiger partial charge in [-0.05, 0) is 34.7 Å². The van der Waals surface area contributed by atoms with E-state index in [2.05, 4.69) is 15.9 Å². The minimum absolute atomic E-state index is 0.0506. The van der Waals surface area contributed by atoms with Crippen LogP contribution < -0.4 is 5.56 Å². The molecule has 1 aliphatic heterocycles. The van der Waals surface area contributed by atoms with Crippen molar-refractivity contribution in [2.75, 3.05) is 13.9 Å². The van der Waals surface area contributed by atoms with Crippen LogP contribution in [0, 0.1) is 0 Å². The molecule has 1 aromatic heterocycles. The molecule has 0 fully saturated rings. The Morgan fingerprint density at radius 1 is 1.03 bits per heavy atom. The summed E-state index contributed by atoms with van der Waals surface area (Å²) in [7, 11) is 1.32. The van der Waals surface area contributed by atoms with E-state index in [1.54, 1.807) is 6.07 Å². The number of fused-ring (bicyclic) bond motifs is 1. The number of allylic oxidation sites excluding steroid dienone is 1. The van der Waals surface area contributed by atoms with Crippen molar-refractivity contribution in [1.29, 1.82) is 0 Å². The maximum absolute atomic E-state index is 14.1. The maximum atomic E-state index is 14.1. The number of carbonyl (C=O) groups excluding carboxylic acids is 1. The number of pyridine rings is 1. The molecule has 1 atom stereocenters. The van der Waals surface area contributed by atoms with Gasteiger partial charge in [0.25, 0.3) is 5.56 Å². The summed E-state index contributed by atoms with van der Waals surface area (Å²) in [4.78, 5) is 27.5. The smallest absolute Gasteiger partial charge is 0.355 e. The Kier molecular flexibility index (Phi) is 6.42. The Balaban J connectivity index is 1.89. The molecule has 1 aliphatic rings. The van der Waals surface area contributed by atoms with Gasteiger partial charge in [-0.15, -0.1) is 0 Å². The highest BCUT2D eigenvalue weighted by Crippen LogP contribution is 2.36. The standard InChI is InChI=1S/C28H22BrNO5/c1-33-28(32)26-25(19-10-6-3-7-11-19)22-15-20(29)12-13-21(22)27(31)30(26)23(24-16-34-17-35-24)14-18-8-4-2-5-9-18/h2-13,15-16,23H,14,17H2,1H3. The third-order valence-electron chi connectivity index (χ3n) is 6.02. The highest BCUT2D eigenvalue weighted by molar-refractivity contribution is 9.10. The van der Waals surface area contributed by atoms with Crippen LogP contribution in [0.1, 0.15) is 22.1 Å². The SMILES string of the molecule is COC(=O)c1c(-c2ccccc2)c2cc(Br)ccc2c(=O)n1C(Cc1ccccc1)C1=COCO1. The van der Waals surface area contributed by atoms with Crippen molar-refractivity contribution in [3.63, 3.8) is 0 Å². The van der Waals surface area contributed by atoms with Crippen molar-refractivity contribution in [3.8, 4) is 11.1 Å². The van der Waals surface area contributed by atoms with Gasteiger partial charge in [-0.3, -0.25) is 9.36 Å². The second kappa shape index (κ2) is 9.80. The highest BCUT2D eigenvalue weighted by atomic mass is 79.9. The van der Waals surface area contributed by atoms with Crippen LogP contribution in [0.4, 0.5) is 0 Å². The summed E-state index contributed by atoms with van der Waals surface area (Å²) in [6.07, 6.45) is 1.92. The first-order chi connectivity index (χ1) is 17.1. The molecule has 0 aliphatic carbocycles. The van der Waals surface area contributed by atoms with Crippen molar-refractivity contribution in [2.45, 2.75) is 12.5 Å². The third-order valence-corrected chi connectivity index (χ3v) is 6.52. The Morgan fingerprint density at radius 3 is 2.40 bits per heavy atom. The number of carbonyl (C=O) groups is 1. The van der Waals surface area contributed by atoms with Crippen LogP contribution in [0.25, 0.3) is 21.9 Å². The molecule has 2 heterocycles. The van der Waals surface area contributed by atoms with Crippen molar-refractivity contribution in [2.24, 2.45) is 0 Å². The molecular weight excluding hydrogens is 510 g/mol. The molecule has 0 bridgehead atoms. The zero-order chi connectivity index (χ0) is 24.4. The lowest BCUT2D eigenvalue weighted by Crippen LogP contribution is -2.33. The largest absolute Gasteiger partial charge is 0.464 e. The first kappa shape index (κ1) is 22.9. The summed E-state index contributed by atoms with van der Waals surface area (Å²) in [5.74, 6) is -0.142. The molecule has 0 saturated carbocycles. The van der Waals surface area contributed by atoms with Crippen LogP contribution in [0.2, 0.25) is 0 Å². The van der Waals surface area contributed by atoms with Crippen molar-refractivity contribution in [1.82, 2.24) is 4.57 Å². The van der Waals surface area contributed by atoms with Gasteiger partial charge < -0.3 is 14.2 Å². The normalized spacial score (nSPS) is 13.6. The average molecular weight is 532 g/mol. The van der Waals surface area contributed by atoms with Crippen LogP contribution in [-0.2, 0) is 20.6 Å². The molecule has 0 saturated heterocycles. The number of halogens is 1. The molecule has 6 nitrogen and oxygen atoms in total. The molecule has 0 radical (unpaired) electrons. The summed E-state index contributed by atoms with van der Waals surface area (Å²) in [5, 5.41) is 1.14. The van der Waals surface area contributed by atoms with E-state index in [4.69, 9.17) is 14.2 Å². The first-order valence-electron chi connectivity index (χ1n) is 11.1. The van der Waals surface area contributed by atoms with E-state index < -0.39 is 12.0 Å². The van der Waals surface area contributed by atoms with Gasteiger partial charge >= 0.3 is 5.97 Å². The Hall–Kier alpha value is -3.84. The molecule has 4 aromatic rings. The molecule has 1 unspecified atom stereocenters. The fourth-order valence-electron chi connectivity index (χ4n) is 4.46. The number of hydrogen-bond acceptors (Lipinski definition) is 5. The van der Waals surface area contributed by atoms with E-state index in [0.29, 0.717) is 28.5 Å². The summed E-state index contributed by atoms with van der Waals surface area (Å²) < 4.78 is 18.7. The maximum Gasteiger partial charge on any atom is 0.355 e. The van der Waals surface area contributed by atoms with Crippen molar-refractivity contribution in [3.05, 3.63) is 117 Å². The Bertz CT molecular complexity index is 1480. The Labute approximate surface area is 210 Å². The van der Waals surface area contributed by atoms with Gasteiger partial charge in [0.2, 0.25) is 6.79 Å². The zero-order valence-corrected chi connectivity index (χ0v) is 20.5. The summed E-state index contributed by atoms with van der Waals surface area (Å²) in [5.41, 5.74) is 2.23. The zero-order valence-electron chi connectivity index (χ0n) is 18.9. The summed E-state index contributed by atoms with van der Waals surface area (Å²) in [6.45, 7) is 0.0506. The predicted molar refractivity (Wildman–Crippen MR) is 137 cm³/mol. The molecule has 5 rings (SSSR count). The summed E-state index contributed by atoms with van der Waals surface area (Å²) in [6, 6.07) is 24.1. The number of rotatable bonds is 6. The molecule has 7 heteroatoms. The van der Waals surface area contributed by atoms with Gasteiger partial charge in [-0.25, -0.2) is 4.79 Å². The summed E-state index contributed by atoms with van der Waals surface area (Å²) >= 11 is 3.52. The molecule has 0 amide bonds. The number of ether oxygens (including phenoxy) is 3. The predicted octanol–water partition coefficient (Wildman–Crippen LogP) is 5.85. The minimum atomic E-state index is -0.628. The Morgan fingerprint density at radius 2 is 1.74 bits per heavy atom. The van der Waals surface area contributed by atoms with Crippen LogP contribution >= 0.6 is 15.9 Å². The molecule has 176 valence electrons. The van der Waals surface area contributed by atoms with Gasteiger partial charge in [0, 0.05) is 21.8 Å². The lowest BCUT2D eigenvalue weighted by atomic mass is 9.95. The van der Waals surface area contributed by atoms with E-state index in [-0.39, 0.29) is 18.0 Å². The van der Waals surface area contributed by atoms with E-state index in [0.717, 1.165) is 15.6 Å². The third kappa shape index (κ3) is 4.35. The molecular formula is C28H22BrNO5. The second-order valence-electron chi connectivity index (χ2n) is 8.10. The van der Waals surface area contributed by atoms with Gasteiger partial charge in [-0.1, -0.05) is 76.6 Å². The first-order valence-corrected chi connectivity index (χ1v) is 11.9. The van der Waals surface area contributed by atoms with Gasteiger partial charge in [-0.2, -0.15) is 0 Å². The molecule has 0 spiro atoms. The fraction of sp³-hybridized carbons (Fsp3) is 0.143. The number of esters is 1. The number of hydrogen-bond donors (Lipinski definition) is 0. The minimum Gasteiger partial charge on any atom is -0.464 e. The number of methoxy groups -OCH3 is 1. The molecule has 3 aromatic carbocycles. The van der Waals surface area contributed by atoms with Crippen LogP contribution in [0.15, 0.2) is 100 Å². The van der Waals surface area contributed by atoms with Crippen molar-refractivity contribution >= 4 is 32.7 Å². The molecule has 0 N–H and O–H groups in total. The van der Waals surface area contributed by atoms with E-state index in [1.165, 1.54) is 17.9 Å². The fourth-order valence-corrected chi connectivity index (χ4v) is 4.83. The quantitative estimate of drug-likeness (QED) is 0.292.